The first-order chi connectivity index (χ1) is 10.2. The Hall–Kier alpha value is -2.02. The number of rotatable bonds is 4. The Morgan fingerprint density at radius 3 is 2.86 bits per heavy atom. The number of hydrogen-bond donors (Lipinski definition) is 1. The molecule has 0 aromatic heterocycles. The normalized spacial score (nSPS) is 9.86. The first kappa shape index (κ1) is 15.4. The number of aliphatic hydroxyl groups excluding tert-OH is 1. The molecule has 0 heterocycles. The van der Waals surface area contributed by atoms with Crippen LogP contribution in [0.1, 0.15) is 17.5 Å². The minimum Gasteiger partial charge on any atom is -0.489 e. The van der Waals surface area contributed by atoms with Gasteiger partial charge in [-0.25, -0.2) is 4.39 Å². The molecule has 21 heavy (non-hydrogen) atoms. The SMILES string of the molecule is OCCC#Cc1cccc(OCc2cc(F)ccc2Cl)c1. The summed E-state index contributed by atoms with van der Waals surface area (Å²) in [6.45, 7) is 0.228. The zero-order valence-corrected chi connectivity index (χ0v) is 12.0. The van der Waals surface area contributed by atoms with E-state index in [2.05, 4.69) is 11.8 Å². The molecule has 0 saturated carbocycles. The van der Waals surface area contributed by atoms with Gasteiger partial charge < -0.3 is 9.84 Å². The summed E-state index contributed by atoms with van der Waals surface area (Å²) < 4.78 is 18.8. The van der Waals surface area contributed by atoms with E-state index in [-0.39, 0.29) is 19.0 Å². The summed E-state index contributed by atoms with van der Waals surface area (Å²) in [6, 6.07) is 11.4. The maximum atomic E-state index is 13.2. The summed E-state index contributed by atoms with van der Waals surface area (Å²) in [5, 5.41) is 9.16. The number of halogens is 2. The summed E-state index contributed by atoms with van der Waals surface area (Å²) in [7, 11) is 0. The lowest BCUT2D eigenvalue weighted by atomic mass is 10.2. The van der Waals surface area contributed by atoms with Crippen molar-refractivity contribution < 1.29 is 14.2 Å². The average Bonchev–Trinajstić information content (AvgIpc) is 2.49. The van der Waals surface area contributed by atoms with Crippen LogP contribution < -0.4 is 4.74 Å². The van der Waals surface area contributed by atoms with Gasteiger partial charge in [0, 0.05) is 22.6 Å². The van der Waals surface area contributed by atoms with E-state index in [9.17, 15) is 4.39 Å². The van der Waals surface area contributed by atoms with Crippen LogP contribution in [0.25, 0.3) is 0 Å². The Morgan fingerprint density at radius 2 is 2.05 bits per heavy atom. The maximum absolute atomic E-state index is 13.2. The minimum absolute atomic E-state index is 0.0429. The zero-order chi connectivity index (χ0) is 15.1. The van der Waals surface area contributed by atoms with Crippen molar-refractivity contribution in [3.8, 4) is 17.6 Å². The van der Waals surface area contributed by atoms with E-state index in [0.29, 0.717) is 22.8 Å². The zero-order valence-electron chi connectivity index (χ0n) is 11.3. The van der Waals surface area contributed by atoms with Crippen molar-refractivity contribution >= 4 is 11.6 Å². The van der Waals surface area contributed by atoms with Gasteiger partial charge in [-0.1, -0.05) is 29.5 Å². The molecule has 0 fully saturated rings. The van der Waals surface area contributed by atoms with Gasteiger partial charge in [0.2, 0.25) is 0 Å². The predicted octanol–water partition coefficient (Wildman–Crippen LogP) is 3.79. The van der Waals surface area contributed by atoms with Crippen LogP contribution >= 0.6 is 11.6 Å². The van der Waals surface area contributed by atoms with Gasteiger partial charge >= 0.3 is 0 Å². The molecule has 0 bridgehead atoms. The van der Waals surface area contributed by atoms with E-state index >= 15 is 0 Å². The standard InChI is InChI=1S/C17H14ClFO2/c18-17-8-7-15(19)11-14(17)12-21-16-6-3-5-13(10-16)4-1-2-9-20/h3,5-8,10-11,20H,2,9,12H2. The molecule has 0 saturated heterocycles. The third-order valence-electron chi connectivity index (χ3n) is 2.71. The predicted molar refractivity (Wildman–Crippen MR) is 80.8 cm³/mol. The topological polar surface area (TPSA) is 29.5 Å². The van der Waals surface area contributed by atoms with Gasteiger partial charge in [0.05, 0.1) is 6.61 Å². The van der Waals surface area contributed by atoms with E-state index in [1.54, 1.807) is 12.1 Å². The quantitative estimate of drug-likeness (QED) is 0.871. The highest BCUT2D eigenvalue weighted by atomic mass is 35.5. The molecule has 0 atom stereocenters. The average molecular weight is 305 g/mol. The van der Waals surface area contributed by atoms with Gasteiger partial charge in [0.25, 0.3) is 0 Å². The van der Waals surface area contributed by atoms with E-state index in [1.165, 1.54) is 18.2 Å². The summed E-state index contributed by atoms with van der Waals surface area (Å²) in [5.41, 5.74) is 1.39. The molecule has 2 rings (SSSR count). The van der Waals surface area contributed by atoms with Crippen molar-refractivity contribution in [2.75, 3.05) is 6.61 Å². The van der Waals surface area contributed by atoms with Crippen LogP contribution in [0.15, 0.2) is 42.5 Å². The van der Waals surface area contributed by atoms with Crippen LogP contribution in [-0.2, 0) is 6.61 Å². The first-order valence-corrected chi connectivity index (χ1v) is 6.83. The van der Waals surface area contributed by atoms with Crippen LogP contribution in [-0.4, -0.2) is 11.7 Å². The van der Waals surface area contributed by atoms with Gasteiger partial charge in [0.1, 0.15) is 18.2 Å². The van der Waals surface area contributed by atoms with Gasteiger partial charge in [-0.15, -0.1) is 0 Å². The van der Waals surface area contributed by atoms with Gasteiger partial charge in [0.15, 0.2) is 0 Å². The maximum Gasteiger partial charge on any atom is 0.123 e. The summed E-state index contributed by atoms with van der Waals surface area (Å²) in [4.78, 5) is 0. The van der Waals surface area contributed by atoms with Crippen LogP contribution in [0, 0.1) is 17.7 Å². The molecule has 0 radical (unpaired) electrons. The van der Waals surface area contributed by atoms with Gasteiger partial charge in [-0.2, -0.15) is 0 Å². The van der Waals surface area contributed by atoms with E-state index in [0.717, 1.165) is 5.56 Å². The molecule has 108 valence electrons. The number of hydrogen-bond acceptors (Lipinski definition) is 2. The van der Waals surface area contributed by atoms with Crippen molar-refractivity contribution in [2.45, 2.75) is 13.0 Å². The Morgan fingerprint density at radius 1 is 1.19 bits per heavy atom. The fraction of sp³-hybridized carbons (Fsp3) is 0.176. The molecule has 0 aliphatic rings. The molecule has 0 spiro atoms. The highest BCUT2D eigenvalue weighted by Gasteiger charge is 2.03. The molecule has 2 aromatic rings. The Balaban J connectivity index is 2.05. The Kier molecular flexibility index (Phi) is 5.62. The number of ether oxygens (including phenoxy) is 1. The molecule has 1 N–H and O–H groups in total. The molecule has 4 heteroatoms. The van der Waals surface area contributed by atoms with E-state index in [4.69, 9.17) is 21.4 Å². The molecular formula is C17H14ClFO2. The third kappa shape index (κ3) is 4.78. The lowest BCUT2D eigenvalue weighted by Crippen LogP contribution is -1.97. The molecule has 0 amide bonds. The first-order valence-electron chi connectivity index (χ1n) is 6.45. The largest absolute Gasteiger partial charge is 0.489 e. The van der Waals surface area contributed by atoms with Crippen molar-refractivity contribution in [3.63, 3.8) is 0 Å². The lowest BCUT2D eigenvalue weighted by Gasteiger charge is -2.08. The molecule has 2 nitrogen and oxygen atoms in total. The van der Waals surface area contributed by atoms with E-state index < -0.39 is 0 Å². The van der Waals surface area contributed by atoms with Crippen LogP contribution in [0.5, 0.6) is 5.75 Å². The molecule has 0 aliphatic carbocycles. The molecule has 2 aromatic carbocycles. The molecule has 0 aliphatic heterocycles. The monoisotopic (exact) mass is 304 g/mol. The fourth-order valence-corrected chi connectivity index (χ4v) is 1.87. The summed E-state index contributed by atoms with van der Waals surface area (Å²) >= 11 is 5.99. The highest BCUT2D eigenvalue weighted by Crippen LogP contribution is 2.20. The van der Waals surface area contributed by atoms with Gasteiger partial charge in [-0.05, 0) is 36.4 Å². The van der Waals surface area contributed by atoms with Crippen LogP contribution in [0.3, 0.4) is 0 Å². The van der Waals surface area contributed by atoms with E-state index in [1.807, 2.05) is 12.1 Å². The lowest BCUT2D eigenvalue weighted by molar-refractivity contribution is 0.305. The van der Waals surface area contributed by atoms with Gasteiger partial charge in [-0.3, -0.25) is 0 Å². The smallest absolute Gasteiger partial charge is 0.123 e. The van der Waals surface area contributed by atoms with Crippen molar-refractivity contribution in [1.82, 2.24) is 0 Å². The highest BCUT2D eigenvalue weighted by molar-refractivity contribution is 6.31. The van der Waals surface area contributed by atoms with Crippen LogP contribution in [0.4, 0.5) is 4.39 Å². The van der Waals surface area contributed by atoms with Crippen molar-refractivity contribution in [2.24, 2.45) is 0 Å². The Bertz CT molecular complexity index is 674. The number of benzene rings is 2. The second-order valence-corrected chi connectivity index (χ2v) is 4.73. The third-order valence-corrected chi connectivity index (χ3v) is 3.07. The molecular weight excluding hydrogens is 291 g/mol. The minimum atomic E-state index is -0.346. The number of aliphatic hydroxyl groups is 1. The second-order valence-electron chi connectivity index (χ2n) is 4.33. The second kappa shape index (κ2) is 7.68. The van der Waals surface area contributed by atoms with Crippen molar-refractivity contribution in [1.29, 1.82) is 0 Å². The summed E-state index contributed by atoms with van der Waals surface area (Å²) in [6.07, 6.45) is 0.435. The fourth-order valence-electron chi connectivity index (χ4n) is 1.70. The summed E-state index contributed by atoms with van der Waals surface area (Å²) in [5.74, 6) is 6.06. The van der Waals surface area contributed by atoms with Crippen molar-refractivity contribution in [3.05, 3.63) is 64.4 Å². The molecule has 0 unspecified atom stereocenters. The Labute approximate surface area is 128 Å². The van der Waals surface area contributed by atoms with Crippen LogP contribution in [0.2, 0.25) is 5.02 Å².